The number of hydrogen-bond donors (Lipinski definition) is 2. The van der Waals surface area contributed by atoms with E-state index in [1.165, 1.54) is 64.2 Å². The minimum Gasteiger partial charge on any atom is -0.395 e. The molecule has 2 N–H and O–H groups in total. The average Bonchev–Trinajstić information content (AvgIpc) is 2.92. The fourth-order valence-electron chi connectivity index (χ4n) is 2.81. The fourth-order valence-corrected chi connectivity index (χ4v) is 2.81. The highest BCUT2D eigenvalue weighted by atomic mass is 16.3. The Balaban J connectivity index is 1.85. The second kappa shape index (κ2) is 12.8. The van der Waals surface area contributed by atoms with Gasteiger partial charge in [0.2, 0.25) is 0 Å². The molecule has 0 spiro atoms. The Labute approximate surface area is 131 Å². The standard InChI is InChI=1S/C18H34N2O/c1-2-3-4-5-6-7-8-9-10-11-12-13-18-19-14-15-20(18)16-17-21/h3-4,14-15,18-19,21H,2,5-13,16-17H2,1H3/b4-3+. The Bertz CT molecular complexity index is 289. The number of aliphatic hydroxyl groups excluding tert-OH is 1. The summed E-state index contributed by atoms with van der Waals surface area (Å²) in [6.45, 7) is 3.16. The molecule has 0 radical (unpaired) electrons. The van der Waals surface area contributed by atoms with Crippen molar-refractivity contribution >= 4 is 0 Å². The molecule has 0 bridgehead atoms. The monoisotopic (exact) mass is 294 g/mol. The minimum absolute atomic E-state index is 0.232. The lowest BCUT2D eigenvalue weighted by Gasteiger charge is -2.24. The van der Waals surface area contributed by atoms with Gasteiger partial charge in [0.25, 0.3) is 0 Å². The highest BCUT2D eigenvalue weighted by Crippen LogP contribution is 2.14. The average molecular weight is 294 g/mol. The molecule has 122 valence electrons. The molecule has 1 atom stereocenters. The van der Waals surface area contributed by atoms with Crippen molar-refractivity contribution in [2.45, 2.75) is 77.3 Å². The molecule has 0 aromatic heterocycles. The van der Waals surface area contributed by atoms with Gasteiger partial charge in [0.15, 0.2) is 0 Å². The molecule has 0 saturated heterocycles. The van der Waals surface area contributed by atoms with Gasteiger partial charge >= 0.3 is 0 Å². The van der Waals surface area contributed by atoms with Gasteiger partial charge in [-0.3, -0.25) is 0 Å². The third-order valence-corrected chi connectivity index (χ3v) is 4.06. The van der Waals surface area contributed by atoms with Crippen molar-refractivity contribution in [2.75, 3.05) is 13.2 Å². The van der Waals surface area contributed by atoms with Gasteiger partial charge in [-0.15, -0.1) is 0 Å². The maximum absolute atomic E-state index is 9.00. The number of allylic oxidation sites excluding steroid dienone is 2. The van der Waals surface area contributed by atoms with Gasteiger partial charge in [-0.25, -0.2) is 0 Å². The first-order valence-electron chi connectivity index (χ1n) is 8.82. The lowest BCUT2D eigenvalue weighted by molar-refractivity contribution is 0.194. The zero-order valence-corrected chi connectivity index (χ0v) is 13.8. The van der Waals surface area contributed by atoms with Crippen LogP contribution in [-0.2, 0) is 0 Å². The lowest BCUT2D eigenvalue weighted by Crippen LogP contribution is -2.36. The van der Waals surface area contributed by atoms with Crippen LogP contribution in [-0.4, -0.2) is 29.3 Å². The zero-order chi connectivity index (χ0) is 15.2. The SMILES string of the molecule is CC/C=C/CCCCCCCCCC1NC=CN1CCO. The maximum Gasteiger partial charge on any atom is 0.0982 e. The molecule has 3 nitrogen and oxygen atoms in total. The second-order valence-electron chi connectivity index (χ2n) is 5.89. The van der Waals surface area contributed by atoms with Crippen LogP contribution in [0, 0.1) is 0 Å². The number of rotatable bonds is 13. The summed E-state index contributed by atoms with van der Waals surface area (Å²) in [5.74, 6) is 0. The largest absolute Gasteiger partial charge is 0.395 e. The van der Waals surface area contributed by atoms with Crippen molar-refractivity contribution in [3.63, 3.8) is 0 Å². The molecule has 3 heteroatoms. The van der Waals surface area contributed by atoms with Crippen molar-refractivity contribution in [3.8, 4) is 0 Å². The highest BCUT2D eigenvalue weighted by Gasteiger charge is 2.16. The van der Waals surface area contributed by atoms with E-state index in [4.69, 9.17) is 5.11 Å². The smallest absolute Gasteiger partial charge is 0.0982 e. The van der Waals surface area contributed by atoms with Gasteiger partial charge in [-0.05, 0) is 32.1 Å². The van der Waals surface area contributed by atoms with Crippen LogP contribution in [0.1, 0.15) is 71.1 Å². The number of nitrogens with zero attached hydrogens (tertiary/aromatic N) is 1. The van der Waals surface area contributed by atoms with Crippen LogP contribution in [0.3, 0.4) is 0 Å². The van der Waals surface area contributed by atoms with E-state index in [1.54, 1.807) is 0 Å². The van der Waals surface area contributed by atoms with Crippen LogP contribution in [0.4, 0.5) is 0 Å². The molecule has 1 rings (SSSR count). The van der Waals surface area contributed by atoms with Gasteiger partial charge in [-0.2, -0.15) is 0 Å². The van der Waals surface area contributed by atoms with Crippen molar-refractivity contribution < 1.29 is 5.11 Å². The van der Waals surface area contributed by atoms with Gasteiger partial charge in [0.05, 0.1) is 12.8 Å². The summed E-state index contributed by atoms with van der Waals surface area (Å²) in [5, 5.41) is 12.4. The second-order valence-corrected chi connectivity index (χ2v) is 5.89. The van der Waals surface area contributed by atoms with Crippen LogP contribution in [0.5, 0.6) is 0 Å². The number of nitrogens with one attached hydrogen (secondary N) is 1. The summed E-state index contributed by atoms with van der Waals surface area (Å²) >= 11 is 0. The number of β-amino-alcohol motifs (C(OH)–C–C–N with tert-alkyl or cyclic N) is 1. The molecule has 21 heavy (non-hydrogen) atoms. The summed E-state index contributed by atoms with van der Waals surface area (Å²) in [4.78, 5) is 2.20. The Hall–Kier alpha value is -0.960. The molecule has 0 saturated carbocycles. The van der Waals surface area contributed by atoms with E-state index in [2.05, 4.69) is 29.3 Å². The Kier molecular flexibility index (Phi) is 11.0. The number of aliphatic hydroxyl groups is 1. The molecule has 1 unspecified atom stereocenters. The van der Waals surface area contributed by atoms with Crippen LogP contribution in [0.15, 0.2) is 24.6 Å². The summed E-state index contributed by atoms with van der Waals surface area (Å²) < 4.78 is 0. The minimum atomic E-state index is 0.232. The summed E-state index contributed by atoms with van der Waals surface area (Å²) in [6, 6.07) is 0. The van der Waals surface area contributed by atoms with E-state index in [0.717, 1.165) is 6.54 Å². The number of hydrogen-bond acceptors (Lipinski definition) is 3. The molecule has 0 fully saturated rings. The highest BCUT2D eigenvalue weighted by molar-refractivity contribution is 4.93. The molecule has 1 aliphatic rings. The molecule has 0 aromatic carbocycles. The van der Waals surface area contributed by atoms with Crippen molar-refractivity contribution in [1.29, 1.82) is 0 Å². The molecule has 1 heterocycles. The Morgan fingerprint density at radius 3 is 2.48 bits per heavy atom. The zero-order valence-electron chi connectivity index (χ0n) is 13.8. The van der Waals surface area contributed by atoms with E-state index >= 15 is 0 Å². The molecule has 0 aliphatic carbocycles. The third-order valence-electron chi connectivity index (χ3n) is 4.06. The van der Waals surface area contributed by atoms with Crippen molar-refractivity contribution in [3.05, 3.63) is 24.6 Å². The van der Waals surface area contributed by atoms with Gasteiger partial charge < -0.3 is 15.3 Å². The van der Waals surface area contributed by atoms with Crippen molar-refractivity contribution in [1.82, 2.24) is 10.2 Å². The molecule has 0 amide bonds. The Morgan fingerprint density at radius 2 is 1.76 bits per heavy atom. The number of unbranched alkanes of at least 4 members (excludes halogenated alkanes) is 7. The first-order chi connectivity index (χ1) is 10.4. The third kappa shape index (κ3) is 8.82. The van der Waals surface area contributed by atoms with Crippen molar-refractivity contribution in [2.24, 2.45) is 0 Å². The van der Waals surface area contributed by atoms with Crippen LogP contribution >= 0.6 is 0 Å². The van der Waals surface area contributed by atoms with Crippen LogP contribution in [0.2, 0.25) is 0 Å². The molecule has 0 aromatic rings. The first-order valence-corrected chi connectivity index (χ1v) is 8.82. The quantitative estimate of drug-likeness (QED) is 0.395. The van der Waals surface area contributed by atoms with Gasteiger partial charge in [-0.1, -0.05) is 51.2 Å². The maximum atomic E-state index is 9.00. The van der Waals surface area contributed by atoms with Gasteiger partial charge in [0, 0.05) is 18.9 Å². The van der Waals surface area contributed by atoms with E-state index in [9.17, 15) is 0 Å². The first kappa shape index (κ1) is 18.1. The molecular formula is C18H34N2O. The van der Waals surface area contributed by atoms with Crippen LogP contribution in [0.25, 0.3) is 0 Å². The summed E-state index contributed by atoms with van der Waals surface area (Å²) in [5.41, 5.74) is 0. The summed E-state index contributed by atoms with van der Waals surface area (Å²) in [6.07, 6.45) is 22.1. The van der Waals surface area contributed by atoms with Crippen LogP contribution < -0.4 is 5.32 Å². The van der Waals surface area contributed by atoms with E-state index in [0.29, 0.717) is 6.17 Å². The van der Waals surface area contributed by atoms with Gasteiger partial charge in [0.1, 0.15) is 0 Å². The van der Waals surface area contributed by atoms with E-state index in [-0.39, 0.29) is 6.61 Å². The molecule has 1 aliphatic heterocycles. The molecular weight excluding hydrogens is 260 g/mol. The Morgan fingerprint density at radius 1 is 1.05 bits per heavy atom. The predicted octanol–water partition coefficient (Wildman–Crippen LogP) is 4.16. The van der Waals surface area contributed by atoms with E-state index < -0.39 is 0 Å². The summed E-state index contributed by atoms with van der Waals surface area (Å²) in [7, 11) is 0. The topological polar surface area (TPSA) is 35.5 Å². The normalized spacial score (nSPS) is 17.8. The lowest BCUT2D eigenvalue weighted by atomic mass is 10.1. The fraction of sp³-hybridized carbons (Fsp3) is 0.778. The van der Waals surface area contributed by atoms with E-state index in [1.807, 2.05) is 12.4 Å². The predicted molar refractivity (Wildman–Crippen MR) is 90.8 cm³/mol.